The van der Waals surface area contributed by atoms with Gasteiger partial charge < -0.3 is 46.3 Å². The number of nitrogen functional groups attached to an aromatic ring is 3. The topological polar surface area (TPSA) is 435 Å². The predicted molar refractivity (Wildman–Crippen MR) is 211 cm³/mol. The third-order valence-corrected chi connectivity index (χ3v) is 12.8. The third-order valence-electron chi connectivity index (χ3n) is 10.4. The summed E-state index contributed by atoms with van der Waals surface area (Å²) in [6, 6.07) is 0. The fraction of sp³-hybridized carbons (Fsp3) is 0.500. The number of aromatic nitrogens is 12. The highest BCUT2D eigenvalue weighted by molar-refractivity contribution is 7.47. The van der Waals surface area contributed by atoms with Gasteiger partial charge in [0.15, 0.2) is 34.1 Å². The molecule has 11 N–H and O–H groups in total. The van der Waals surface area contributed by atoms with Gasteiger partial charge in [0.05, 0.1) is 38.3 Å². The number of anilines is 3. The molecule has 0 aliphatic carbocycles. The molecule has 31 nitrogen and oxygen atoms in total. The van der Waals surface area contributed by atoms with E-state index in [1.807, 2.05) is 0 Å². The van der Waals surface area contributed by atoms with Gasteiger partial charge in [-0.05, 0) is 0 Å². The Labute approximate surface area is 357 Å². The molecule has 9 rings (SSSR count). The van der Waals surface area contributed by atoms with Crippen molar-refractivity contribution in [1.29, 1.82) is 0 Å². The van der Waals surface area contributed by atoms with Crippen molar-refractivity contribution in [1.82, 2.24) is 58.6 Å². The maximum absolute atomic E-state index is 13.6. The summed E-state index contributed by atoms with van der Waals surface area (Å²) in [6.45, 7) is -2.01. The van der Waals surface area contributed by atoms with E-state index >= 15 is 0 Å². The van der Waals surface area contributed by atoms with Gasteiger partial charge in [-0.2, -0.15) is 4.98 Å². The lowest BCUT2D eigenvalue weighted by atomic mass is 10.2. The van der Waals surface area contributed by atoms with Crippen molar-refractivity contribution < 1.29 is 70.3 Å². The minimum Gasteiger partial charge on any atom is -0.390 e. The SMILES string of the molecule is Nc1nc2c(ncn2[C@H]2C[C@H](OP(=O)(O)OC[C@H]3O[C@@H](n4cnc5c(N)ncnc54)C[C@@H]3O)[C@@H](COP(=O)(O)O[C@H]3C[C@H](n4cnc5c(N)ncnc54)O[C@@H]3CO[P+](=O)O)O2)c(=O)[nH]1. The van der Waals surface area contributed by atoms with Crippen molar-refractivity contribution >= 4 is 75.0 Å². The Morgan fingerprint density at radius 2 is 1.17 bits per heavy atom. The average Bonchev–Trinajstić information content (AvgIpc) is 4.09. The Kier molecular flexibility index (Phi) is 12.0. The number of aliphatic hydroxyl groups excluding tert-OH is 1. The zero-order chi connectivity index (χ0) is 45.1. The fourth-order valence-corrected chi connectivity index (χ4v) is 9.69. The highest BCUT2D eigenvalue weighted by Crippen LogP contribution is 2.52. The second kappa shape index (κ2) is 17.4. The maximum Gasteiger partial charge on any atom is 0.694 e. The molecule has 34 heteroatoms. The van der Waals surface area contributed by atoms with E-state index in [9.17, 15) is 38.3 Å². The molecule has 6 aromatic rings. The first kappa shape index (κ1) is 44.1. The van der Waals surface area contributed by atoms with Crippen LogP contribution >= 0.6 is 23.9 Å². The van der Waals surface area contributed by atoms with Crippen molar-refractivity contribution in [2.75, 3.05) is 37.0 Å². The van der Waals surface area contributed by atoms with Gasteiger partial charge in [0.1, 0.15) is 79.5 Å². The molecule has 3 aliphatic heterocycles. The molecule has 64 heavy (non-hydrogen) atoms. The molecule has 3 saturated heterocycles. The van der Waals surface area contributed by atoms with Crippen LogP contribution in [0.1, 0.15) is 37.9 Å². The number of nitrogens with one attached hydrogen (secondary N) is 1. The first-order valence-corrected chi connectivity index (χ1v) is 23.0. The van der Waals surface area contributed by atoms with Crippen molar-refractivity contribution in [2.45, 2.75) is 74.6 Å². The second-order valence-corrected chi connectivity index (χ2v) is 18.0. The van der Waals surface area contributed by atoms with E-state index in [1.54, 1.807) is 0 Å². The minimum absolute atomic E-state index is 0.0222. The summed E-state index contributed by atoms with van der Waals surface area (Å²) in [7, 11) is -13.3. The molecular weight excluding hydrogens is 919 g/mol. The van der Waals surface area contributed by atoms with Gasteiger partial charge in [-0.15, -0.1) is 9.42 Å². The summed E-state index contributed by atoms with van der Waals surface area (Å²) < 4.78 is 87.3. The Bertz CT molecular complexity index is 2880. The number of fused-ring (bicyclic) bond motifs is 3. The fourth-order valence-electron chi connectivity index (χ4n) is 7.49. The molecule has 9 heterocycles. The van der Waals surface area contributed by atoms with Gasteiger partial charge in [-0.3, -0.25) is 41.6 Å². The number of hydrogen-bond acceptors (Lipinski definition) is 24. The summed E-state index contributed by atoms with van der Waals surface area (Å²) in [5.41, 5.74) is 17.9. The number of aromatic amines is 1. The van der Waals surface area contributed by atoms with Crippen LogP contribution in [0.2, 0.25) is 0 Å². The molecule has 0 aromatic carbocycles. The minimum atomic E-state index is -5.13. The summed E-state index contributed by atoms with van der Waals surface area (Å²) in [6.07, 6.45) is -4.62. The van der Waals surface area contributed by atoms with Crippen LogP contribution in [0, 0.1) is 0 Å². The van der Waals surface area contributed by atoms with E-state index in [0.29, 0.717) is 11.2 Å². The van der Waals surface area contributed by atoms with Crippen LogP contribution in [0.25, 0.3) is 33.5 Å². The van der Waals surface area contributed by atoms with Crippen LogP contribution in [0.5, 0.6) is 0 Å². The Balaban J connectivity index is 0.897. The van der Waals surface area contributed by atoms with Crippen LogP contribution in [0.4, 0.5) is 17.6 Å². The van der Waals surface area contributed by atoms with E-state index in [2.05, 4.69) is 44.9 Å². The third kappa shape index (κ3) is 8.97. The molecule has 342 valence electrons. The molecule has 6 aromatic heterocycles. The lowest BCUT2D eigenvalue weighted by molar-refractivity contribution is -0.0591. The monoisotopic (exact) mass is 956 g/mol. The predicted octanol–water partition coefficient (Wildman–Crippen LogP) is -0.560. The van der Waals surface area contributed by atoms with Gasteiger partial charge in [0.2, 0.25) is 5.95 Å². The molecule has 0 spiro atoms. The molecule has 0 amide bonds. The van der Waals surface area contributed by atoms with Gasteiger partial charge >= 0.3 is 23.9 Å². The van der Waals surface area contributed by atoms with Gasteiger partial charge in [0, 0.05) is 23.8 Å². The van der Waals surface area contributed by atoms with Crippen molar-refractivity contribution in [3.8, 4) is 0 Å². The smallest absolute Gasteiger partial charge is 0.390 e. The highest BCUT2D eigenvalue weighted by Gasteiger charge is 2.47. The number of ether oxygens (including phenoxy) is 3. The van der Waals surface area contributed by atoms with Crippen molar-refractivity contribution in [2.24, 2.45) is 0 Å². The van der Waals surface area contributed by atoms with E-state index in [0.717, 1.165) is 0 Å². The quantitative estimate of drug-likeness (QED) is 0.0564. The number of hydrogen-bond donors (Lipinski definition) is 8. The Morgan fingerprint density at radius 3 is 1.72 bits per heavy atom. The van der Waals surface area contributed by atoms with E-state index in [1.165, 1.54) is 45.3 Å². The zero-order valence-electron chi connectivity index (χ0n) is 32.5. The first-order chi connectivity index (χ1) is 30.5. The highest BCUT2D eigenvalue weighted by atomic mass is 31.2. The lowest BCUT2D eigenvalue weighted by Crippen LogP contribution is -2.31. The molecule has 0 bridgehead atoms. The van der Waals surface area contributed by atoms with Gasteiger partial charge in [-0.1, -0.05) is 0 Å². The standard InChI is InChI=1S/C30H36N15O16P3/c31-24-21-26(36-7-34-24)43(9-38-21)18-1-12(46)15(57-18)5-55-63(50,51)61-14-3-20(45-11-40-23-28(45)41-30(33)42-29(23)47)59-17(14)6-56-64(52,53)60-13-2-19(58-16(13)4-54-62(48)49)44-10-39-22-25(32)35-8-37-27(22)44/h7-20,46H,1-6H2,(H9-,31,32,33,34,35,36,37,41,42,47,48,49,50,51,52,53)/p+1/t12-,13-,14-,15+,16+,17+,18+,19+,20+/m0/s1. The molecule has 12 atom stereocenters. The van der Waals surface area contributed by atoms with E-state index in [-0.39, 0.29) is 59.2 Å². The van der Waals surface area contributed by atoms with E-state index < -0.39 is 105 Å². The zero-order valence-corrected chi connectivity index (χ0v) is 35.2. The summed E-state index contributed by atoms with van der Waals surface area (Å²) in [5.74, 6) is -0.0406. The van der Waals surface area contributed by atoms with Crippen LogP contribution in [-0.4, -0.2) is 135 Å². The number of H-pyrrole nitrogens is 1. The summed E-state index contributed by atoms with van der Waals surface area (Å²) >= 11 is 0. The Morgan fingerprint density at radius 1 is 0.703 bits per heavy atom. The molecule has 3 fully saturated rings. The number of imidazole rings is 3. The van der Waals surface area contributed by atoms with E-state index in [4.69, 9.17) is 54.0 Å². The molecule has 3 aliphatic rings. The van der Waals surface area contributed by atoms with Crippen LogP contribution in [0.3, 0.4) is 0 Å². The molecule has 3 unspecified atom stereocenters. The van der Waals surface area contributed by atoms with Gasteiger partial charge in [-0.25, -0.2) is 44.0 Å². The normalized spacial score (nSPS) is 28.3. The number of phosphoric acid groups is 2. The van der Waals surface area contributed by atoms with Crippen molar-refractivity contribution in [3.05, 3.63) is 42.0 Å². The lowest BCUT2D eigenvalue weighted by Gasteiger charge is -2.24. The molecular formula is C30H37N15O16P3+. The number of nitrogens with zero attached hydrogens (tertiary/aromatic N) is 11. The maximum atomic E-state index is 13.6. The summed E-state index contributed by atoms with van der Waals surface area (Å²) in [5, 5.41) is 10.8. The first-order valence-electron chi connectivity index (χ1n) is 18.9. The van der Waals surface area contributed by atoms with Crippen molar-refractivity contribution in [3.63, 3.8) is 0 Å². The Hall–Kier alpha value is -5.07. The second-order valence-electron chi connectivity index (χ2n) is 14.5. The molecule has 0 saturated carbocycles. The number of phosphoric ester groups is 2. The number of aliphatic hydroxyl groups is 1. The van der Waals surface area contributed by atoms with Crippen LogP contribution in [0.15, 0.2) is 36.4 Å². The number of rotatable bonds is 16. The van der Waals surface area contributed by atoms with Crippen LogP contribution < -0.4 is 22.8 Å². The average molecular weight is 957 g/mol. The molecule has 0 radical (unpaired) electrons. The number of nitrogens with two attached hydrogens (primary N) is 3. The van der Waals surface area contributed by atoms with Gasteiger partial charge in [0.25, 0.3) is 5.56 Å². The largest absolute Gasteiger partial charge is 0.694 e. The summed E-state index contributed by atoms with van der Waals surface area (Å²) in [4.78, 5) is 78.8. The van der Waals surface area contributed by atoms with Crippen LogP contribution in [-0.2, 0) is 50.5 Å².